The van der Waals surface area contributed by atoms with Crippen molar-refractivity contribution in [3.63, 3.8) is 0 Å². The minimum Gasteiger partial charge on any atom is -0.302 e. The van der Waals surface area contributed by atoms with Crippen molar-refractivity contribution in [2.75, 3.05) is 12.4 Å². The average molecular weight is 420 g/mol. The Balaban J connectivity index is 1.48. The van der Waals surface area contributed by atoms with Crippen LogP contribution in [0.2, 0.25) is 0 Å². The fraction of sp³-hybridized carbons (Fsp3) is 0.217. The predicted molar refractivity (Wildman–Crippen MR) is 117 cm³/mol. The van der Waals surface area contributed by atoms with E-state index in [0.717, 1.165) is 16.2 Å². The Morgan fingerprint density at radius 1 is 1.10 bits per heavy atom. The first-order valence-corrected chi connectivity index (χ1v) is 10.5. The van der Waals surface area contributed by atoms with E-state index in [1.54, 1.807) is 18.2 Å². The molecular weight excluding hydrogens is 398 g/mol. The van der Waals surface area contributed by atoms with Gasteiger partial charge in [0, 0.05) is 18.0 Å². The highest BCUT2D eigenvalue weighted by atomic mass is 32.1. The number of benzene rings is 2. The number of amides is 3. The Morgan fingerprint density at radius 3 is 2.53 bits per heavy atom. The largest absolute Gasteiger partial charge is 0.302 e. The Labute approximate surface area is 178 Å². The van der Waals surface area contributed by atoms with Crippen molar-refractivity contribution in [3.8, 4) is 11.3 Å². The van der Waals surface area contributed by atoms with Crippen LogP contribution in [0.4, 0.5) is 5.13 Å². The summed E-state index contributed by atoms with van der Waals surface area (Å²) in [5, 5.41) is 5.19. The third-order valence-electron chi connectivity index (χ3n) is 5.18. The first-order chi connectivity index (χ1) is 14.3. The Kier molecular flexibility index (Phi) is 5.22. The van der Waals surface area contributed by atoms with Crippen LogP contribution in [0.3, 0.4) is 0 Å². The smallest absolute Gasteiger partial charge is 0.261 e. The highest BCUT2D eigenvalue weighted by molar-refractivity contribution is 7.14. The number of hydrogen-bond acceptors (Lipinski definition) is 5. The maximum absolute atomic E-state index is 12.6. The number of hydrogen-bond donors (Lipinski definition) is 1. The van der Waals surface area contributed by atoms with Crippen molar-refractivity contribution in [2.24, 2.45) is 0 Å². The number of fused-ring (bicyclic) bond motifs is 1. The lowest BCUT2D eigenvalue weighted by molar-refractivity contribution is -0.115. The van der Waals surface area contributed by atoms with Gasteiger partial charge in [0.05, 0.1) is 23.2 Å². The Bertz CT molecular complexity index is 1150. The molecule has 4 rings (SSSR count). The van der Waals surface area contributed by atoms with Gasteiger partial charge in [0.2, 0.25) is 5.91 Å². The second-order valence-electron chi connectivity index (χ2n) is 7.55. The maximum Gasteiger partial charge on any atom is 0.261 e. The molecule has 3 amide bonds. The number of thiazole rings is 1. The molecule has 1 aliphatic rings. The zero-order valence-electron chi connectivity index (χ0n) is 16.9. The number of carbonyl (C=O) groups excluding carboxylic acids is 3. The van der Waals surface area contributed by atoms with Crippen molar-refractivity contribution in [2.45, 2.75) is 26.2 Å². The third kappa shape index (κ3) is 3.64. The van der Waals surface area contributed by atoms with Crippen LogP contribution >= 0.6 is 11.3 Å². The molecule has 3 aromatic rings. The van der Waals surface area contributed by atoms with Gasteiger partial charge in [-0.05, 0) is 23.1 Å². The Hall–Kier alpha value is -3.32. The first kappa shape index (κ1) is 20.0. The van der Waals surface area contributed by atoms with Gasteiger partial charge < -0.3 is 5.32 Å². The fourth-order valence-electron chi connectivity index (χ4n) is 3.46. The molecule has 0 atom stereocenters. The lowest BCUT2D eigenvalue weighted by atomic mass is 10.00. The van der Waals surface area contributed by atoms with Crippen molar-refractivity contribution < 1.29 is 14.4 Å². The van der Waals surface area contributed by atoms with Gasteiger partial charge in [-0.3, -0.25) is 19.3 Å². The van der Waals surface area contributed by atoms with Crippen LogP contribution in [-0.4, -0.2) is 34.7 Å². The van der Waals surface area contributed by atoms with Crippen molar-refractivity contribution in [3.05, 3.63) is 70.1 Å². The number of rotatable bonds is 5. The summed E-state index contributed by atoms with van der Waals surface area (Å²) in [5.74, 6) is -0.537. The molecule has 6 nitrogen and oxygen atoms in total. The molecule has 0 bridgehead atoms. The van der Waals surface area contributed by atoms with Gasteiger partial charge in [-0.2, -0.15) is 0 Å². The van der Waals surface area contributed by atoms with E-state index in [1.165, 1.54) is 23.9 Å². The minimum atomic E-state index is -0.375. The van der Waals surface area contributed by atoms with Crippen LogP contribution in [0.1, 0.15) is 51.6 Å². The number of imide groups is 1. The summed E-state index contributed by atoms with van der Waals surface area (Å²) >= 11 is 1.35. The summed E-state index contributed by atoms with van der Waals surface area (Å²) in [5.41, 5.74) is 4.24. The lowest BCUT2D eigenvalue weighted by Crippen LogP contribution is -2.24. The first-order valence-electron chi connectivity index (χ1n) is 9.65. The summed E-state index contributed by atoms with van der Waals surface area (Å²) < 4.78 is 0. The highest BCUT2D eigenvalue weighted by Gasteiger charge is 2.34. The van der Waals surface area contributed by atoms with Crippen molar-refractivity contribution in [1.82, 2.24) is 9.88 Å². The topological polar surface area (TPSA) is 79.4 Å². The summed E-state index contributed by atoms with van der Waals surface area (Å²) in [6.07, 6.45) is -0.00592. The zero-order valence-corrected chi connectivity index (χ0v) is 17.7. The molecule has 2 heterocycles. The fourth-order valence-corrected chi connectivity index (χ4v) is 4.19. The normalized spacial score (nSPS) is 13.1. The van der Waals surface area contributed by atoms with Crippen LogP contribution in [0.5, 0.6) is 0 Å². The molecule has 7 heteroatoms. The molecule has 30 heavy (non-hydrogen) atoms. The van der Waals surface area contributed by atoms with E-state index in [-0.39, 0.29) is 24.1 Å². The van der Waals surface area contributed by atoms with Gasteiger partial charge in [0.25, 0.3) is 11.8 Å². The van der Waals surface area contributed by atoms with Crippen LogP contribution < -0.4 is 5.32 Å². The maximum atomic E-state index is 12.6. The lowest BCUT2D eigenvalue weighted by Gasteiger charge is -2.07. The SMILES string of the molecule is CC(C)c1ccc(-c2csc(NC(=O)Cc3cccc4c3C(=O)N(C)C4=O)n2)cc1. The van der Waals surface area contributed by atoms with Crippen LogP contribution in [0.25, 0.3) is 11.3 Å². The van der Waals surface area contributed by atoms with Gasteiger partial charge in [-0.25, -0.2) is 4.98 Å². The molecule has 0 unspecified atom stereocenters. The zero-order chi connectivity index (χ0) is 21.4. The molecule has 0 aliphatic carbocycles. The molecule has 0 fully saturated rings. The second-order valence-corrected chi connectivity index (χ2v) is 8.41. The van der Waals surface area contributed by atoms with E-state index in [0.29, 0.717) is 27.7 Å². The Morgan fingerprint density at radius 2 is 1.83 bits per heavy atom. The van der Waals surface area contributed by atoms with Crippen LogP contribution in [0, 0.1) is 0 Å². The van der Waals surface area contributed by atoms with Crippen LogP contribution in [0.15, 0.2) is 47.8 Å². The van der Waals surface area contributed by atoms with Crippen LogP contribution in [-0.2, 0) is 11.2 Å². The molecular formula is C23H21N3O3S. The van der Waals surface area contributed by atoms with E-state index in [1.807, 2.05) is 17.5 Å². The average Bonchev–Trinajstić information content (AvgIpc) is 3.28. The van der Waals surface area contributed by atoms with Crippen molar-refractivity contribution >= 4 is 34.2 Å². The molecule has 2 aromatic carbocycles. The summed E-state index contributed by atoms with van der Waals surface area (Å²) in [4.78, 5) is 42.6. The summed E-state index contributed by atoms with van der Waals surface area (Å²) in [6, 6.07) is 13.2. The minimum absolute atomic E-state index is 0.00592. The van der Waals surface area contributed by atoms with E-state index in [4.69, 9.17) is 0 Å². The second kappa shape index (κ2) is 7.84. The van der Waals surface area contributed by atoms with E-state index in [9.17, 15) is 14.4 Å². The number of nitrogens with one attached hydrogen (secondary N) is 1. The number of aromatic nitrogens is 1. The van der Waals surface area contributed by atoms with Crippen molar-refractivity contribution in [1.29, 1.82) is 0 Å². The predicted octanol–water partition coefficient (Wildman–Crippen LogP) is 4.34. The van der Waals surface area contributed by atoms with Gasteiger partial charge >= 0.3 is 0 Å². The standard InChI is InChI=1S/C23H21N3O3S/c1-13(2)14-7-9-15(10-8-14)18-12-30-23(24-18)25-19(27)11-16-5-4-6-17-20(16)22(29)26(3)21(17)28/h4-10,12-13H,11H2,1-3H3,(H,24,25,27). The molecule has 0 spiro atoms. The summed E-state index contributed by atoms with van der Waals surface area (Å²) in [7, 11) is 1.44. The number of carbonyl (C=O) groups is 3. The molecule has 0 saturated heterocycles. The molecule has 0 saturated carbocycles. The third-order valence-corrected chi connectivity index (χ3v) is 5.94. The molecule has 1 N–H and O–H groups in total. The highest BCUT2D eigenvalue weighted by Crippen LogP contribution is 2.28. The molecule has 1 aliphatic heterocycles. The van der Waals surface area contributed by atoms with Gasteiger partial charge in [0.1, 0.15) is 0 Å². The monoisotopic (exact) mass is 419 g/mol. The van der Waals surface area contributed by atoms with Gasteiger partial charge in [-0.15, -0.1) is 11.3 Å². The molecule has 0 radical (unpaired) electrons. The van der Waals surface area contributed by atoms with E-state index < -0.39 is 0 Å². The molecule has 1 aromatic heterocycles. The van der Waals surface area contributed by atoms with E-state index >= 15 is 0 Å². The van der Waals surface area contributed by atoms with Gasteiger partial charge in [0.15, 0.2) is 5.13 Å². The quantitative estimate of drug-likeness (QED) is 0.624. The van der Waals surface area contributed by atoms with E-state index in [2.05, 4.69) is 36.3 Å². The number of nitrogens with zero attached hydrogens (tertiary/aromatic N) is 2. The van der Waals surface area contributed by atoms with Gasteiger partial charge in [-0.1, -0.05) is 50.2 Å². The molecule has 152 valence electrons. The number of anilines is 1. The summed E-state index contributed by atoms with van der Waals surface area (Å²) in [6.45, 7) is 4.30.